The number of hydrogen-bond acceptors (Lipinski definition) is 2. The minimum Gasteiger partial charge on any atom is -0.454 e. The van der Waals surface area contributed by atoms with Crippen molar-refractivity contribution < 1.29 is 4.42 Å². The highest BCUT2D eigenvalue weighted by atomic mass is 16.3. The number of imidazole rings is 1. The number of fused-ring (bicyclic) bond motifs is 10. The van der Waals surface area contributed by atoms with Gasteiger partial charge in [0.1, 0.15) is 22.4 Å². The van der Waals surface area contributed by atoms with Gasteiger partial charge in [-0.15, -0.1) is 0 Å². The van der Waals surface area contributed by atoms with Crippen LogP contribution in [-0.2, 0) is 0 Å². The van der Waals surface area contributed by atoms with Crippen LogP contribution in [0.3, 0.4) is 0 Å². The minimum atomic E-state index is 0.864. The van der Waals surface area contributed by atoms with Crippen molar-refractivity contribution in [3.8, 4) is 22.8 Å². The fraction of sp³-hybridized carbons (Fsp3) is 0. The summed E-state index contributed by atoms with van der Waals surface area (Å²) in [7, 11) is 0. The Morgan fingerprint density at radius 1 is 0.488 bits per heavy atom. The summed E-state index contributed by atoms with van der Waals surface area (Å²) in [4.78, 5) is 5.49. The van der Waals surface area contributed by atoms with Gasteiger partial charge in [-0.2, -0.15) is 0 Å². The zero-order valence-electron chi connectivity index (χ0n) is 22.0. The van der Waals surface area contributed by atoms with Crippen LogP contribution in [0.15, 0.2) is 144 Å². The Labute approximate surface area is 235 Å². The number of nitrogens with zero attached hydrogens (tertiary/aromatic N) is 3. The molecule has 0 saturated heterocycles. The molecule has 0 fully saturated rings. The maximum absolute atomic E-state index is 6.81. The third-order valence-corrected chi connectivity index (χ3v) is 8.10. The second kappa shape index (κ2) is 8.44. The molecule has 6 aromatic carbocycles. The summed E-state index contributed by atoms with van der Waals surface area (Å²) >= 11 is 0. The third-order valence-electron chi connectivity index (χ3n) is 8.10. The van der Waals surface area contributed by atoms with Crippen LogP contribution >= 0.6 is 0 Å². The topological polar surface area (TPSA) is 35.9 Å². The van der Waals surface area contributed by atoms with Crippen LogP contribution in [0.1, 0.15) is 0 Å². The number of benzene rings is 6. The largest absolute Gasteiger partial charge is 0.454 e. The summed E-state index contributed by atoms with van der Waals surface area (Å²) in [5.41, 5.74) is 9.12. The van der Waals surface area contributed by atoms with Gasteiger partial charge in [0.2, 0.25) is 0 Å². The molecule has 192 valence electrons. The maximum atomic E-state index is 6.81. The van der Waals surface area contributed by atoms with Gasteiger partial charge in [0, 0.05) is 33.1 Å². The van der Waals surface area contributed by atoms with Crippen LogP contribution in [0.5, 0.6) is 0 Å². The SMILES string of the molecule is c1ccc(-c2nc3c4c5ccccc5n(-c5ccccc5)c4c4oc5ccccc5c4c3n2-c2ccccc2)cc1. The van der Waals surface area contributed by atoms with E-state index in [0.29, 0.717) is 0 Å². The molecule has 9 rings (SSSR count). The molecule has 3 heterocycles. The molecule has 3 aromatic heterocycles. The molecule has 4 heteroatoms. The number of furan rings is 1. The lowest BCUT2D eigenvalue weighted by molar-refractivity contribution is 0.671. The van der Waals surface area contributed by atoms with Crippen LogP contribution < -0.4 is 0 Å². The van der Waals surface area contributed by atoms with Crippen molar-refractivity contribution in [3.63, 3.8) is 0 Å². The minimum absolute atomic E-state index is 0.864. The Kier molecular flexibility index (Phi) is 4.58. The molecule has 41 heavy (non-hydrogen) atoms. The third kappa shape index (κ3) is 3.07. The van der Waals surface area contributed by atoms with Crippen LogP contribution in [0.4, 0.5) is 0 Å². The lowest BCUT2D eigenvalue weighted by Crippen LogP contribution is -1.98. The van der Waals surface area contributed by atoms with E-state index in [2.05, 4.69) is 137 Å². The van der Waals surface area contributed by atoms with Crippen molar-refractivity contribution in [2.45, 2.75) is 0 Å². The van der Waals surface area contributed by atoms with E-state index in [1.165, 1.54) is 0 Å². The molecule has 0 radical (unpaired) electrons. The maximum Gasteiger partial charge on any atom is 0.162 e. The molecule has 0 aliphatic rings. The van der Waals surface area contributed by atoms with Crippen molar-refractivity contribution in [1.29, 1.82) is 0 Å². The van der Waals surface area contributed by atoms with Gasteiger partial charge < -0.3 is 8.98 Å². The predicted molar refractivity (Wildman–Crippen MR) is 168 cm³/mol. The number of aromatic nitrogens is 3. The van der Waals surface area contributed by atoms with Gasteiger partial charge in [-0.1, -0.05) is 103 Å². The van der Waals surface area contributed by atoms with Gasteiger partial charge in [-0.05, 0) is 36.4 Å². The first-order chi connectivity index (χ1) is 20.4. The Hall–Kier alpha value is -5.61. The van der Waals surface area contributed by atoms with E-state index >= 15 is 0 Å². The normalized spacial score (nSPS) is 11.9. The zero-order chi connectivity index (χ0) is 26.9. The van der Waals surface area contributed by atoms with Gasteiger partial charge in [-0.3, -0.25) is 4.57 Å². The second-order valence-electron chi connectivity index (χ2n) is 10.4. The molecule has 0 aliphatic heterocycles. The van der Waals surface area contributed by atoms with E-state index in [4.69, 9.17) is 9.40 Å². The molecule has 0 spiro atoms. The first kappa shape index (κ1) is 22.2. The van der Waals surface area contributed by atoms with E-state index in [0.717, 1.165) is 77.5 Å². The summed E-state index contributed by atoms with van der Waals surface area (Å²) < 4.78 is 11.4. The van der Waals surface area contributed by atoms with Crippen molar-refractivity contribution in [2.75, 3.05) is 0 Å². The van der Waals surface area contributed by atoms with E-state index < -0.39 is 0 Å². The van der Waals surface area contributed by atoms with Crippen molar-refractivity contribution in [3.05, 3.63) is 140 Å². The van der Waals surface area contributed by atoms with Crippen molar-refractivity contribution in [2.24, 2.45) is 0 Å². The predicted octanol–water partition coefficient (Wildman–Crippen LogP) is 9.69. The molecular formula is C37H23N3O. The summed E-state index contributed by atoms with van der Waals surface area (Å²) in [6, 6.07) is 48.5. The molecule has 0 saturated carbocycles. The fourth-order valence-electron chi connectivity index (χ4n) is 6.42. The molecular weight excluding hydrogens is 502 g/mol. The second-order valence-corrected chi connectivity index (χ2v) is 10.4. The quantitative estimate of drug-likeness (QED) is 0.230. The number of rotatable bonds is 3. The molecule has 0 aliphatic carbocycles. The van der Waals surface area contributed by atoms with E-state index in [9.17, 15) is 0 Å². The van der Waals surface area contributed by atoms with E-state index in [1.54, 1.807) is 0 Å². The standard InChI is InChI=1S/C37H23N3O/c1-4-14-24(15-5-1)37-38-33-31-27-20-10-12-22-29(27)39(25-16-6-2-7-17-25)35(31)36-32(28-21-11-13-23-30(28)41-36)34(33)40(37)26-18-8-3-9-19-26/h1-23H. The van der Waals surface area contributed by atoms with Crippen LogP contribution in [0.25, 0.3) is 77.5 Å². The van der Waals surface area contributed by atoms with Crippen molar-refractivity contribution >= 4 is 54.8 Å². The Morgan fingerprint density at radius 3 is 1.80 bits per heavy atom. The summed E-state index contributed by atoms with van der Waals surface area (Å²) in [5, 5.41) is 4.39. The summed E-state index contributed by atoms with van der Waals surface area (Å²) in [6.45, 7) is 0. The molecule has 4 nitrogen and oxygen atoms in total. The lowest BCUT2D eigenvalue weighted by Gasteiger charge is -2.11. The zero-order valence-corrected chi connectivity index (χ0v) is 22.0. The van der Waals surface area contributed by atoms with Crippen molar-refractivity contribution in [1.82, 2.24) is 14.1 Å². The highest BCUT2D eigenvalue weighted by molar-refractivity contribution is 6.34. The Balaban J connectivity index is 1.62. The number of para-hydroxylation sites is 4. The van der Waals surface area contributed by atoms with Crippen LogP contribution in [-0.4, -0.2) is 14.1 Å². The lowest BCUT2D eigenvalue weighted by atomic mass is 10.1. The Morgan fingerprint density at radius 2 is 1.07 bits per heavy atom. The van der Waals surface area contributed by atoms with Gasteiger partial charge >= 0.3 is 0 Å². The fourth-order valence-corrected chi connectivity index (χ4v) is 6.42. The Bertz CT molecular complexity index is 2400. The molecule has 0 unspecified atom stereocenters. The molecule has 0 amide bonds. The van der Waals surface area contributed by atoms with E-state index in [1.807, 2.05) is 12.1 Å². The molecule has 0 atom stereocenters. The monoisotopic (exact) mass is 525 g/mol. The summed E-state index contributed by atoms with van der Waals surface area (Å²) in [6.07, 6.45) is 0. The van der Waals surface area contributed by atoms with Crippen LogP contribution in [0.2, 0.25) is 0 Å². The molecule has 0 bridgehead atoms. The average molecular weight is 526 g/mol. The summed E-state index contributed by atoms with van der Waals surface area (Å²) in [5.74, 6) is 0.905. The molecule has 0 N–H and O–H groups in total. The first-order valence-electron chi connectivity index (χ1n) is 13.8. The van der Waals surface area contributed by atoms with Gasteiger partial charge in [-0.25, -0.2) is 4.98 Å². The van der Waals surface area contributed by atoms with Gasteiger partial charge in [0.25, 0.3) is 0 Å². The smallest absolute Gasteiger partial charge is 0.162 e. The highest BCUT2D eigenvalue weighted by Crippen LogP contribution is 2.47. The highest BCUT2D eigenvalue weighted by Gasteiger charge is 2.27. The van der Waals surface area contributed by atoms with E-state index in [-0.39, 0.29) is 0 Å². The van der Waals surface area contributed by atoms with Crippen LogP contribution in [0, 0.1) is 0 Å². The molecule has 9 aromatic rings. The first-order valence-corrected chi connectivity index (χ1v) is 13.8. The van der Waals surface area contributed by atoms with Gasteiger partial charge in [0.05, 0.1) is 16.4 Å². The average Bonchev–Trinajstić information content (AvgIpc) is 3.72. The number of hydrogen-bond donors (Lipinski definition) is 0. The van der Waals surface area contributed by atoms with Gasteiger partial charge in [0.15, 0.2) is 5.58 Å².